The van der Waals surface area contributed by atoms with Gasteiger partial charge in [-0.3, -0.25) is 9.59 Å². The number of carbonyl (C=O) groups excluding carboxylic acids is 1. The molecule has 0 fully saturated rings. The van der Waals surface area contributed by atoms with Crippen molar-refractivity contribution >= 4 is 16.8 Å². The van der Waals surface area contributed by atoms with Crippen LogP contribution in [0.15, 0.2) is 57.7 Å². The number of phenols is 1. The van der Waals surface area contributed by atoms with Crippen molar-refractivity contribution in [3.05, 3.63) is 69.9 Å². The van der Waals surface area contributed by atoms with E-state index in [2.05, 4.69) is 0 Å². The van der Waals surface area contributed by atoms with Crippen molar-refractivity contribution in [3.8, 4) is 11.7 Å². The number of para-hydroxylation sites is 1. The van der Waals surface area contributed by atoms with Crippen molar-refractivity contribution in [2.24, 2.45) is 0 Å². The quantitative estimate of drug-likeness (QED) is 0.655. The molecule has 5 nitrogen and oxygen atoms in total. The van der Waals surface area contributed by atoms with Crippen LogP contribution >= 0.6 is 0 Å². The van der Waals surface area contributed by atoms with Crippen molar-refractivity contribution in [3.63, 3.8) is 0 Å². The Morgan fingerprint density at radius 1 is 1.16 bits per heavy atom. The zero-order valence-corrected chi connectivity index (χ0v) is 16.0. The molecule has 1 atom stereocenters. The second-order valence-electron chi connectivity index (χ2n) is 5.68. The van der Waals surface area contributed by atoms with Gasteiger partial charge in [-0.25, -0.2) is 0 Å². The topological polar surface area (TPSA) is 90.6 Å². The van der Waals surface area contributed by atoms with Crippen molar-refractivity contribution in [1.29, 1.82) is 0 Å². The number of aromatic hydroxyl groups is 1. The minimum Gasteiger partial charge on any atom is -0.578 e. The normalized spacial score (nSPS) is 11.7. The molecular weight excluding hydrogens is 331 g/mol. The fourth-order valence-corrected chi connectivity index (χ4v) is 2.82. The largest absolute Gasteiger partial charge is 1.00 e. The Morgan fingerprint density at radius 2 is 1.80 bits per heavy atom. The van der Waals surface area contributed by atoms with Crippen LogP contribution in [0.2, 0.25) is 0 Å². The van der Waals surface area contributed by atoms with Crippen LogP contribution in [0, 0.1) is 0 Å². The summed E-state index contributed by atoms with van der Waals surface area (Å²) >= 11 is 0. The summed E-state index contributed by atoms with van der Waals surface area (Å²) in [5.41, 5.74) is 0.335. The number of phenolic OH excluding ortho intramolecular Hbond substituents is 1. The van der Waals surface area contributed by atoms with Gasteiger partial charge >= 0.3 is 29.6 Å². The van der Waals surface area contributed by atoms with Gasteiger partial charge in [-0.1, -0.05) is 24.3 Å². The summed E-state index contributed by atoms with van der Waals surface area (Å²) in [7, 11) is 0. The van der Waals surface area contributed by atoms with Crippen LogP contribution in [0.3, 0.4) is 0 Å². The second-order valence-corrected chi connectivity index (χ2v) is 5.68. The van der Waals surface area contributed by atoms with Crippen LogP contribution in [0.4, 0.5) is 0 Å². The van der Waals surface area contributed by atoms with E-state index in [1.54, 1.807) is 36.4 Å². The molecule has 1 aromatic heterocycles. The summed E-state index contributed by atoms with van der Waals surface area (Å²) in [6, 6.07) is 12.6. The van der Waals surface area contributed by atoms with Crippen LogP contribution in [-0.2, 0) is 4.79 Å². The van der Waals surface area contributed by atoms with E-state index in [0.29, 0.717) is 10.9 Å². The molecule has 0 bridgehead atoms. The number of hydrogen-bond donors (Lipinski definition) is 1. The van der Waals surface area contributed by atoms with E-state index >= 15 is 0 Å². The summed E-state index contributed by atoms with van der Waals surface area (Å²) < 4.78 is 5.27. The van der Waals surface area contributed by atoms with Gasteiger partial charge < -0.3 is 14.6 Å². The standard InChI is InChI=1S/C19H16O5.Na/c1-11(20)10-15(12-6-8-13(21)9-7-12)17-18(22)14-4-2-3-5-16(14)24-19(17)23;/h2-9,15,21,23H,10H2,1H3;/q;+1/p-1. The Hall–Kier alpha value is -2.08. The fraction of sp³-hybridized carbons (Fsp3) is 0.158. The first kappa shape index (κ1) is 19.2. The van der Waals surface area contributed by atoms with E-state index in [4.69, 9.17) is 4.42 Å². The van der Waals surface area contributed by atoms with E-state index in [-0.39, 0.29) is 58.7 Å². The van der Waals surface area contributed by atoms with Crippen LogP contribution < -0.4 is 40.1 Å². The third-order valence-electron chi connectivity index (χ3n) is 3.93. The summed E-state index contributed by atoms with van der Waals surface area (Å²) in [5.74, 6) is -1.54. The second kappa shape index (κ2) is 7.87. The van der Waals surface area contributed by atoms with Gasteiger partial charge in [0, 0.05) is 28.9 Å². The van der Waals surface area contributed by atoms with Gasteiger partial charge in [-0.2, -0.15) is 0 Å². The molecule has 0 aliphatic heterocycles. The Morgan fingerprint density at radius 3 is 2.44 bits per heavy atom. The van der Waals surface area contributed by atoms with Gasteiger partial charge in [0.25, 0.3) is 0 Å². The van der Waals surface area contributed by atoms with Crippen molar-refractivity contribution in [2.75, 3.05) is 0 Å². The molecule has 122 valence electrons. The van der Waals surface area contributed by atoms with Gasteiger partial charge in [0.05, 0.1) is 5.95 Å². The van der Waals surface area contributed by atoms with E-state index in [9.17, 15) is 19.8 Å². The SMILES string of the molecule is CC(=O)CC(c1ccc(O)cc1)c1c([O-])oc2ccccc2c1=O.[Na+]. The molecule has 0 aliphatic rings. The van der Waals surface area contributed by atoms with Crippen LogP contribution in [0.25, 0.3) is 11.0 Å². The van der Waals surface area contributed by atoms with E-state index in [1.165, 1.54) is 19.1 Å². The number of fused-ring (bicyclic) bond motifs is 1. The number of ketones is 1. The van der Waals surface area contributed by atoms with E-state index in [1.807, 2.05) is 0 Å². The first-order chi connectivity index (χ1) is 11.5. The Labute approximate surface area is 166 Å². The average molecular weight is 346 g/mol. The molecule has 2 aromatic carbocycles. The first-order valence-corrected chi connectivity index (χ1v) is 7.48. The minimum absolute atomic E-state index is 0. The molecule has 1 N–H and O–H groups in total. The minimum atomic E-state index is -0.738. The summed E-state index contributed by atoms with van der Waals surface area (Å²) in [6.45, 7) is 1.40. The number of carbonyl (C=O) groups is 1. The molecular formula is C19H15NaO5. The molecule has 0 radical (unpaired) electrons. The van der Waals surface area contributed by atoms with Crippen molar-refractivity contribution in [2.45, 2.75) is 19.3 Å². The average Bonchev–Trinajstić information content (AvgIpc) is 2.54. The third kappa shape index (κ3) is 3.95. The first-order valence-electron chi connectivity index (χ1n) is 7.48. The molecule has 3 aromatic rings. The molecule has 6 heteroatoms. The molecule has 0 aliphatic carbocycles. The Bertz CT molecular complexity index is 960. The van der Waals surface area contributed by atoms with Gasteiger partial charge in [-0.15, -0.1) is 0 Å². The van der Waals surface area contributed by atoms with Crippen molar-refractivity contribution in [1.82, 2.24) is 0 Å². The van der Waals surface area contributed by atoms with Crippen LogP contribution in [-0.4, -0.2) is 10.9 Å². The molecule has 0 saturated carbocycles. The number of hydrogen-bond acceptors (Lipinski definition) is 5. The van der Waals surface area contributed by atoms with E-state index in [0.717, 1.165) is 0 Å². The Kier molecular flexibility index (Phi) is 6.06. The monoisotopic (exact) mass is 346 g/mol. The molecule has 0 spiro atoms. The van der Waals surface area contributed by atoms with Gasteiger partial charge in [0.1, 0.15) is 11.5 Å². The van der Waals surface area contributed by atoms with Gasteiger partial charge in [0.15, 0.2) is 5.43 Å². The molecule has 3 rings (SSSR count). The zero-order valence-electron chi connectivity index (χ0n) is 14.0. The van der Waals surface area contributed by atoms with Crippen LogP contribution in [0.1, 0.15) is 30.4 Å². The maximum absolute atomic E-state index is 12.8. The van der Waals surface area contributed by atoms with Gasteiger partial charge in [0.2, 0.25) is 0 Å². The Balaban J connectivity index is 0.00000225. The third-order valence-corrected chi connectivity index (χ3v) is 3.93. The molecule has 25 heavy (non-hydrogen) atoms. The fourth-order valence-electron chi connectivity index (χ4n) is 2.82. The maximum atomic E-state index is 12.8. The predicted molar refractivity (Wildman–Crippen MR) is 87.2 cm³/mol. The number of benzene rings is 2. The number of rotatable bonds is 4. The number of Topliss-reactive ketones (excluding diaryl/α,β-unsaturated/α-hetero) is 1. The predicted octanol–water partition coefficient (Wildman–Crippen LogP) is -0.313. The maximum Gasteiger partial charge on any atom is 1.00 e. The molecule has 0 amide bonds. The van der Waals surface area contributed by atoms with E-state index < -0.39 is 17.3 Å². The smallest absolute Gasteiger partial charge is 0.578 e. The van der Waals surface area contributed by atoms with Crippen molar-refractivity contribution < 1.29 is 49.0 Å². The van der Waals surface area contributed by atoms with Gasteiger partial charge in [-0.05, 0) is 36.8 Å². The summed E-state index contributed by atoms with van der Waals surface area (Å²) in [4.78, 5) is 24.5. The molecule has 0 saturated heterocycles. The summed E-state index contributed by atoms with van der Waals surface area (Å²) in [5, 5.41) is 22.1. The molecule has 1 unspecified atom stereocenters. The zero-order chi connectivity index (χ0) is 17.3. The summed E-state index contributed by atoms with van der Waals surface area (Å²) in [6.07, 6.45) is 0.00309. The van der Waals surface area contributed by atoms with Crippen LogP contribution in [0.5, 0.6) is 11.7 Å². The molecule has 1 heterocycles.